The predicted molar refractivity (Wildman–Crippen MR) is 57.3 cm³/mol. The summed E-state index contributed by atoms with van der Waals surface area (Å²) in [4.78, 5) is 27.2. The lowest BCUT2D eigenvalue weighted by atomic mass is 10.2. The van der Waals surface area contributed by atoms with E-state index in [-0.39, 0.29) is 17.9 Å². The molecule has 1 rings (SSSR count). The monoisotopic (exact) mass is 233 g/mol. The Kier molecular flexibility index (Phi) is 4.35. The lowest BCUT2D eigenvalue weighted by molar-refractivity contribution is -0.139. The molecule has 1 heterocycles. The largest absolute Gasteiger partial charge is 0.357 e. The molecule has 0 aromatic carbocycles. The summed E-state index contributed by atoms with van der Waals surface area (Å²) >= 11 is 5.39. The Labute approximate surface area is 94.3 Å². The third-order valence-corrected chi connectivity index (χ3v) is 2.95. The number of nitrogens with one attached hydrogen (secondary N) is 2. The highest BCUT2D eigenvalue weighted by molar-refractivity contribution is 6.15. The van der Waals surface area contributed by atoms with Crippen molar-refractivity contribution < 1.29 is 9.59 Å². The van der Waals surface area contributed by atoms with Crippen molar-refractivity contribution in [3.63, 3.8) is 0 Å². The summed E-state index contributed by atoms with van der Waals surface area (Å²) in [6.07, 6.45) is 1.58. The van der Waals surface area contributed by atoms with Crippen LogP contribution >= 0.6 is 11.8 Å². The van der Waals surface area contributed by atoms with Gasteiger partial charge in [-0.05, 0) is 31.5 Å². The molecule has 2 amide bonds. The van der Waals surface area contributed by atoms with Gasteiger partial charge in [0.15, 0.2) is 0 Å². The molecule has 0 aromatic heterocycles. The number of halogens is 1. The van der Waals surface area contributed by atoms with Crippen LogP contribution in [0.5, 0.6) is 0 Å². The van der Waals surface area contributed by atoms with Gasteiger partial charge in [-0.25, -0.2) is 4.84 Å². The van der Waals surface area contributed by atoms with Crippen LogP contribution in [0.2, 0.25) is 0 Å². The van der Waals surface area contributed by atoms with Crippen molar-refractivity contribution in [3.8, 4) is 0 Å². The molecule has 5 nitrogen and oxygen atoms in total. The van der Waals surface area contributed by atoms with Gasteiger partial charge in [-0.3, -0.25) is 9.59 Å². The van der Waals surface area contributed by atoms with E-state index in [9.17, 15) is 9.59 Å². The standard InChI is InChI=1S/C9H16ClN3O2/c1-6(12-10)9(15)13-5-3-4-7(13)8(14)11-2/h6-7,12H,3-5H2,1-2H3,(H,11,14)/t6-,7-/m0/s1. The third kappa shape index (κ3) is 2.60. The van der Waals surface area contributed by atoms with Crippen LogP contribution in [0, 0.1) is 0 Å². The van der Waals surface area contributed by atoms with E-state index in [1.165, 1.54) is 0 Å². The molecule has 0 saturated carbocycles. The highest BCUT2D eigenvalue weighted by Crippen LogP contribution is 2.18. The van der Waals surface area contributed by atoms with E-state index in [1.807, 2.05) is 0 Å². The normalized spacial score (nSPS) is 22.6. The molecule has 0 radical (unpaired) electrons. The minimum absolute atomic E-state index is 0.109. The molecular weight excluding hydrogens is 218 g/mol. The summed E-state index contributed by atoms with van der Waals surface area (Å²) in [6.45, 7) is 2.30. The molecule has 0 aromatic rings. The fraction of sp³-hybridized carbons (Fsp3) is 0.778. The molecule has 0 spiro atoms. The van der Waals surface area contributed by atoms with Gasteiger partial charge >= 0.3 is 0 Å². The molecule has 1 aliphatic rings. The number of likely N-dealkylation sites (N-methyl/N-ethyl adjacent to an activating group) is 1. The summed E-state index contributed by atoms with van der Waals surface area (Å²) in [5, 5.41) is 2.56. The summed E-state index contributed by atoms with van der Waals surface area (Å²) in [5.41, 5.74) is 0. The van der Waals surface area contributed by atoms with E-state index in [4.69, 9.17) is 11.8 Å². The fourth-order valence-electron chi connectivity index (χ4n) is 1.77. The van der Waals surface area contributed by atoms with Crippen molar-refractivity contribution >= 4 is 23.6 Å². The van der Waals surface area contributed by atoms with Crippen molar-refractivity contribution in [2.45, 2.75) is 31.8 Å². The first kappa shape index (κ1) is 12.3. The predicted octanol–water partition coefficient (Wildman–Crippen LogP) is -0.145. The molecule has 86 valence electrons. The van der Waals surface area contributed by atoms with Gasteiger partial charge in [0.1, 0.15) is 6.04 Å². The van der Waals surface area contributed by atoms with Crippen LogP contribution in [0.15, 0.2) is 0 Å². The van der Waals surface area contributed by atoms with Gasteiger partial charge < -0.3 is 10.2 Å². The lowest BCUT2D eigenvalue weighted by Crippen LogP contribution is -2.49. The molecular formula is C9H16ClN3O2. The van der Waals surface area contributed by atoms with Gasteiger partial charge in [-0.1, -0.05) is 0 Å². The second-order valence-electron chi connectivity index (χ2n) is 3.63. The number of hydrogen-bond acceptors (Lipinski definition) is 3. The van der Waals surface area contributed by atoms with Crippen molar-refractivity contribution in [1.82, 2.24) is 15.1 Å². The molecule has 2 atom stereocenters. The fourth-order valence-corrected chi connectivity index (χ4v) is 1.86. The molecule has 1 aliphatic heterocycles. The number of nitrogens with zero attached hydrogens (tertiary/aromatic N) is 1. The topological polar surface area (TPSA) is 61.4 Å². The average molecular weight is 234 g/mol. The number of amides is 2. The van der Waals surface area contributed by atoms with Crippen LogP contribution in [0.3, 0.4) is 0 Å². The first-order valence-corrected chi connectivity index (χ1v) is 5.37. The van der Waals surface area contributed by atoms with E-state index in [1.54, 1.807) is 18.9 Å². The number of carbonyl (C=O) groups excluding carboxylic acids is 2. The maximum Gasteiger partial charge on any atom is 0.242 e. The molecule has 2 N–H and O–H groups in total. The van der Waals surface area contributed by atoms with Crippen molar-refractivity contribution in [1.29, 1.82) is 0 Å². The Bertz CT molecular complexity index is 260. The first-order valence-electron chi connectivity index (χ1n) is 5.00. The molecule has 15 heavy (non-hydrogen) atoms. The van der Waals surface area contributed by atoms with Crippen LogP contribution in [0.1, 0.15) is 19.8 Å². The van der Waals surface area contributed by atoms with Crippen LogP contribution in [-0.4, -0.2) is 42.4 Å². The summed E-state index contributed by atoms with van der Waals surface area (Å²) in [6, 6.07) is -0.799. The van der Waals surface area contributed by atoms with Crippen molar-refractivity contribution in [2.75, 3.05) is 13.6 Å². The second kappa shape index (κ2) is 5.32. The van der Waals surface area contributed by atoms with E-state index in [0.717, 1.165) is 12.8 Å². The smallest absolute Gasteiger partial charge is 0.242 e. The van der Waals surface area contributed by atoms with E-state index < -0.39 is 6.04 Å². The van der Waals surface area contributed by atoms with Gasteiger partial charge in [-0.2, -0.15) is 0 Å². The van der Waals surface area contributed by atoms with Gasteiger partial charge in [0.2, 0.25) is 11.8 Å². The number of rotatable bonds is 3. The maximum atomic E-state index is 11.8. The first-order chi connectivity index (χ1) is 7.11. The van der Waals surface area contributed by atoms with Crippen LogP contribution in [-0.2, 0) is 9.59 Å². The quantitative estimate of drug-likeness (QED) is 0.667. The Balaban J connectivity index is 2.68. The molecule has 1 fully saturated rings. The van der Waals surface area contributed by atoms with Gasteiger partial charge in [-0.15, -0.1) is 0 Å². The Morgan fingerprint density at radius 3 is 2.73 bits per heavy atom. The Hall–Kier alpha value is -0.810. The van der Waals surface area contributed by atoms with E-state index >= 15 is 0 Å². The van der Waals surface area contributed by atoms with Gasteiger partial charge in [0.05, 0.1) is 6.04 Å². The number of carbonyl (C=O) groups is 2. The SMILES string of the molecule is CNC(=O)[C@@H]1CCCN1C(=O)[C@H](C)NCl. The average Bonchev–Trinajstić information content (AvgIpc) is 2.74. The number of hydrogen-bond donors (Lipinski definition) is 2. The van der Waals surface area contributed by atoms with Crippen molar-refractivity contribution in [3.05, 3.63) is 0 Å². The van der Waals surface area contributed by atoms with Gasteiger partial charge in [0.25, 0.3) is 0 Å². The third-order valence-electron chi connectivity index (χ3n) is 2.62. The molecule has 6 heteroatoms. The molecule has 0 bridgehead atoms. The van der Waals surface area contributed by atoms with E-state index in [0.29, 0.717) is 6.54 Å². The molecule has 0 unspecified atom stereocenters. The van der Waals surface area contributed by atoms with Crippen molar-refractivity contribution in [2.24, 2.45) is 0 Å². The van der Waals surface area contributed by atoms with Crippen LogP contribution < -0.4 is 10.2 Å². The highest BCUT2D eigenvalue weighted by atomic mass is 35.5. The van der Waals surface area contributed by atoms with Gasteiger partial charge in [0, 0.05) is 13.6 Å². The van der Waals surface area contributed by atoms with E-state index in [2.05, 4.69) is 10.2 Å². The molecule has 1 saturated heterocycles. The number of likely N-dealkylation sites (tertiary alicyclic amines) is 1. The zero-order valence-corrected chi connectivity index (χ0v) is 9.67. The van der Waals surface area contributed by atoms with Crippen LogP contribution in [0.25, 0.3) is 0 Å². The van der Waals surface area contributed by atoms with Crippen LogP contribution in [0.4, 0.5) is 0 Å². The highest BCUT2D eigenvalue weighted by Gasteiger charge is 2.35. The minimum atomic E-state index is -0.461. The summed E-state index contributed by atoms with van der Waals surface area (Å²) < 4.78 is 0. The Morgan fingerprint density at radius 1 is 1.53 bits per heavy atom. The molecule has 0 aliphatic carbocycles. The zero-order valence-electron chi connectivity index (χ0n) is 8.92. The lowest BCUT2D eigenvalue weighted by Gasteiger charge is -2.25. The summed E-state index contributed by atoms with van der Waals surface area (Å²) in [7, 11) is 1.58. The zero-order chi connectivity index (χ0) is 11.4. The maximum absolute atomic E-state index is 11.8. The minimum Gasteiger partial charge on any atom is -0.357 e. The second-order valence-corrected chi connectivity index (χ2v) is 3.85. The Morgan fingerprint density at radius 2 is 2.20 bits per heavy atom. The summed E-state index contributed by atoms with van der Waals surface area (Å²) in [5.74, 6) is -0.237.